The normalized spacial score (nSPS) is 10.4. The van der Waals surface area contributed by atoms with Crippen LogP contribution in [-0.4, -0.2) is 44.7 Å². The number of nitro groups is 1. The lowest BCUT2D eigenvalue weighted by Crippen LogP contribution is -2.22. The number of anilines is 2. The fourth-order valence-electron chi connectivity index (χ4n) is 2.57. The highest BCUT2D eigenvalue weighted by Gasteiger charge is 2.17. The molecule has 2 aromatic carbocycles. The van der Waals surface area contributed by atoms with Gasteiger partial charge in [-0.15, -0.1) is 5.10 Å². The molecule has 1 amide bonds. The monoisotopic (exact) mass is 383 g/mol. The van der Waals surface area contributed by atoms with E-state index in [1.54, 1.807) is 6.07 Å². The summed E-state index contributed by atoms with van der Waals surface area (Å²) in [6, 6.07) is 9.68. The molecule has 0 spiro atoms. The van der Waals surface area contributed by atoms with Crippen LogP contribution in [0.5, 0.6) is 5.75 Å². The smallest absolute Gasteiger partial charge is 0.296 e. The van der Waals surface area contributed by atoms with Gasteiger partial charge in [0.1, 0.15) is 17.8 Å². The molecule has 0 aliphatic rings. The van der Waals surface area contributed by atoms with E-state index in [4.69, 9.17) is 4.74 Å². The van der Waals surface area contributed by atoms with E-state index in [2.05, 4.69) is 26.2 Å². The summed E-state index contributed by atoms with van der Waals surface area (Å²) in [6.45, 7) is 1.83. The van der Waals surface area contributed by atoms with Crippen molar-refractivity contribution in [3.63, 3.8) is 0 Å². The van der Waals surface area contributed by atoms with Gasteiger partial charge in [-0.1, -0.05) is 0 Å². The number of hydrogen-bond donors (Lipinski definition) is 2. The summed E-state index contributed by atoms with van der Waals surface area (Å²) in [4.78, 5) is 22.8. The summed E-state index contributed by atoms with van der Waals surface area (Å²) >= 11 is 0. The third-order valence-corrected chi connectivity index (χ3v) is 3.92. The first-order valence-electron chi connectivity index (χ1n) is 8.18. The summed E-state index contributed by atoms with van der Waals surface area (Å²) in [5, 5.41) is 27.7. The molecule has 0 saturated heterocycles. The van der Waals surface area contributed by atoms with Gasteiger partial charge in [0.25, 0.3) is 5.69 Å². The molecule has 3 aromatic rings. The van der Waals surface area contributed by atoms with Crippen molar-refractivity contribution in [2.45, 2.75) is 6.92 Å². The molecule has 11 heteroatoms. The van der Waals surface area contributed by atoms with Crippen LogP contribution in [0, 0.1) is 17.0 Å². The predicted molar refractivity (Wildman–Crippen MR) is 101 cm³/mol. The molecule has 0 saturated carbocycles. The lowest BCUT2D eigenvalue weighted by molar-refractivity contribution is -0.384. The van der Waals surface area contributed by atoms with Crippen LogP contribution in [0.15, 0.2) is 42.7 Å². The van der Waals surface area contributed by atoms with Crippen molar-refractivity contribution in [1.29, 1.82) is 0 Å². The van der Waals surface area contributed by atoms with Crippen LogP contribution < -0.4 is 15.4 Å². The lowest BCUT2D eigenvalue weighted by atomic mass is 10.2. The Morgan fingerprint density at radius 3 is 2.75 bits per heavy atom. The fourth-order valence-corrected chi connectivity index (χ4v) is 2.57. The molecular weight excluding hydrogens is 366 g/mol. The largest absolute Gasteiger partial charge is 0.496 e. The zero-order chi connectivity index (χ0) is 20.1. The second-order valence-electron chi connectivity index (χ2n) is 5.80. The van der Waals surface area contributed by atoms with Gasteiger partial charge in [0.15, 0.2) is 0 Å². The highest BCUT2D eigenvalue weighted by molar-refractivity contribution is 5.95. The van der Waals surface area contributed by atoms with E-state index in [9.17, 15) is 14.9 Å². The highest BCUT2D eigenvalue weighted by atomic mass is 16.6. The molecule has 0 atom stereocenters. The maximum atomic E-state index is 12.2. The van der Waals surface area contributed by atoms with Crippen LogP contribution in [-0.2, 0) is 4.79 Å². The van der Waals surface area contributed by atoms with E-state index < -0.39 is 10.8 Å². The number of rotatable bonds is 7. The van der Waals surface area contributed by atoms with E-state index in [0.29, 0.717) is 11.4 Å². The molecule has 0 fully saturated rings. The number of benzene rings is 2. The first kappa shape index (κ1) is 18.8. The Kier molecular flexibility index (Phi) is 5.44. The molecule has 28 heavy (non-hydrogen) atoms. The van der Waals surface area contributed by atoms with Crippen LogP contribution in [0.25, 0.3) is 5.69 Å². The van der Waals surface area contributed by atoms with Gasteiger partial charge < -0.3 is 15.4 Å². The number of carbonyl (C=O) groups excluding carboxylic acids is 1. The fraction of sp³-hybridized carbons (Fsp3) is 0.176. The predicted octanol–water partition coefficient (Wildman–Crippen LogP) is 1.94. The molecule has 3 rings (SSSR count). The Bertz CT molecular complexity index is 1000. The molecule has 1 heterocycles. The Balaban J connectivity index is 1.65. The number of nitrogens with zero attached hydrogens (tertiary/aromatic N) is 5. The molecule has 0 aliphatic carbocycles. The van der Waals surface area contributed by atoms with Gasteiger partial charge in [0.2, 0.25) is 5.91 Å². The van der Waals surface area contributed by atoms with E-state index in [-0.39, 0.29) is 17.9 Å². The molecule has 11 nitrogen and oxygen atoms in total. The quantitative estimate of drug-likeness (QED) is 0.466. The molecular formula is C17H17N7O4. The van der Waals surface area contributed by atoms with Crippen LogP contribution >= 0.6 is 0 Å². The standard InChI is InChI=1S/C17H17N7O4/c1-11-7-12(3-6-15(11)23-10-19-21-22-23)18-9-17(25)20-14-5-4-13(28-2)8-16(14)24(26)27/h3-8,10,18H,9H2,1-2H3,(H,20,25). The molecule has 144 valence electrons. The van der Waals surface area contributed by atoms with E-state index >= 15 is 0 Å². The molecule has 0 aliphatic heterocycles. The number of carbonyl (C=O) groups is 1. The third kappa shape index (κ3) is 4.20. The summed E-state index contributed by atoms with van der Waals surface area (Å²) in [7, 11) is 1.41. The SMILES string of the molecule is COc1ccc(NC(=O)CNc2ccc(-n3cnnn3)c(C)c2)c([N+](=O)[O-])c1. The van der Waals surface area contributed by atoms with Crippen molar-refractivity contribution >= 4 is 23.0 Å². The second kappa shape index (κ2) is 8.12. The minimum atomic E-state index is -0.577. The average molecular weight is 383 g/mol. The number of hydrogen-bond acceptors (Lipinski definition) is 8. The minimum Gasteiger partial charge on any atom is -0.496 e. The summed E-state index contributed by atoms with van der Waals surface area (Å²) < 4.78 is 6.51. The van der Waals surface area contributed by atoms with E-state index in [1.807, 2.05) is 19.1 Å². The second-order valence-corrected chi connectivity index (χ2v) is 5.80. The lowest BCUT2D eigenvalue weighted by Gasteiger charge is -2.11. The van der Waals surface area contributed by atoms with Gasteiger partial charge in [-0.3, -0.25) is 14.9 Å². The number of ether oxygens (including phenoxy) is 1. The van der Waals surface area contributed by atoms with Crippen molar-refractivity contribution in [2.24, 2.45) is 0 Å². The number of aromatic nitrogens is 4. The Morgan fingerprint density at radius 1 is 1.29 bits per heavy atom. The van der Waals surface area contributed by atoms with Gasteiger partial charge in [-0.2, -0.15) is 0 Å². The Morgan fingerprint density at radius 2 is 2.11 bits per heavy atom. The topological polar surface area (TPSA) is 137 Å². The summed E-state index contributed by atoms with van der Waals surface area (Å²) in [5.41, 5.74) is 2.29. The average Bonchev–Trinajstić information content (AvgIpc) is 3.21. The van der Waals surface area contributed by atoms with Crippen LogP contribution in [0.3, 0.4) is 0 Å². The van der Waals surface area contributed by atoms with E-state index in [1.165, 1.54) is 36.3 Å². The summed E-state index contributed by atoms with van der Waals surface area (Å²) in [5.74, 6) is -0.0866. The Hall–Kier alpha value is -4.02. The van der Waals surface area contributed by atoms with Crippen LogP contribution in [0.4, 0.5) is 17.1 Å². The third-order valence-electron chi connectivity index (χ3n) is 3.92. The summed E-state index contributed by atoms with van der Waals surface area (Å²) in [6.07, 6.45) is 1.49. The van der Waals surface area contributed by atoms with Crippen molar-refractivity contribution in [3.05, 3.63) is 58.4 Å². The van der Waals surface area contributed by atoms with Gasteiger partial charge in [-0.25, -0.2) is 4.68 Å². The van der Waals surface area contributed by atoms with Crippen LogP contribution in [0.2, 0.25) is 0 Å². The van der Waals surface area contributed by atoms with Crippen molar-refractivity contribution in [3.8, 4) is 11.4 Å². The molecule has 0 unspecified atom stereocenters. The van der Waals surface area contributed by atoms with Crippen molar-refractivity contribution < 1.29 is 14.5 Å². The van der Waals surface area contributed by atoms with Crippen molar-refractivity contribution in [1.82, 2.24) is 20.2 Å². The maximum Gasteiger partial charge on any atom is 0.296 e. The first-order chi connectivity index (χ1) is 13.5. The van der Waals surface area contributed by atoms with Gasteiger partial charge >= 0.3 is 0 Å². The zero-order valence-electron chi connectivity index (χ0n) is 15.1. The number of aryl methyl sites for hydroxylation is 1. The zero-order valence-corrected chi connectivity index (χ0v) is 15.1. The minimum absolute atomic E-state index is 0.0626. The molecule has 0 radical (unpaired) electrons. The van der Waals surface area contributed by atoms with Gasteiger partial charge in [0, 0.05) is 5.69 Å². The van der Waals surface area contributed by atoms with Gasteiger partial charge in [0.05, 0.1) is 30.3 Å². The van der Waals surface area contributed by atoms with Crippen LogP contribution in [0.1, 0.15) is 5.56 Å². The highest BCUT2D eigenvalue weighted by Crippen LogP contribution is 2.28. The maximum absolute atomic E-state index is 12.2. The van der Waals surface area contributed by atoms with Gasteiger partial charge in [-0.05, 0) is 53.2 Å². The number of methoxy groups -OCH3 is 1. The first-order valence-corrected chi connectivity index (χ1v) is 8.18. The van der Waals surface area contributed by atoms with Crippen molar-refractivity contribution in [2.75, 3.05) is 24.3 Å². The number of nitro benzene ring substituents is 1. The molecule has 1 aromatic heterocycles. The van der Waals surface area contributed by atoms with E-state index in [0.717, 1.165) is 11.3 Å². The molecule has 2 N–H and O–H groups in total. The Labute approximate surface area is 159 Å². The number of tetrazole rings is 1. The number of nitrogens with one attached hydrogen (secondary N) is 2. The molecule has 0 bridgehead atoms. The number of amides is 1.